The Morgan fingerprint density at radius 2 is 2.38 bits per heavy atom. The monoisotopic (exact) mass is 226 g/mol. The largest absolute Gasteiger partial charge is 0.378 e. The Balaban J connectivity index is 1.84. The van der Waals surface area contributed by atoms with Gasteiger partial charge in [-0.05, 0) is 26.7 Å². The van der Waals surface area contributed by atoms with Gasteiger partial charge in [0.05, 0.1) is 12.5 Å². The number of piperazine rings is 1. The molecule has 2 heterocycles. The van der Waals surface area contributed by atoms with Gasteiger partial charge in [-0.3, -0.25) is 4.79 Å². The van der Waals surface area contributed by atoms with E-state index in [1.165, 1.54) is 0 Å². The van der Waals surface area contributed by atoms with Crippen molar-refractivity contribution >= 4 is 5.91 Å². The number of rotatable bonds is 2. The van der Waals surface area contributed by atoms with Crippen LogP contribution in [0.5, 0.6) is 0 Å². The first kappa shape index (κ1) is 11.9. The van der Waals surface area contributed by atoms with Crippen LogP contribution in [0.3, 0.4) is 0 Å². The van der Waals surface area contributed by atoms with Crippen molar-refractivity contribution in [2.24, 2.45) is 0 Å². The molecular formula is C12H22N2O2. The smallest absolute Gasteiger partial charge is 0.225 e. The molecule has 1 amide bonds. The molecule has 2 fully saturated rings. The van der Waals surface area contributed by atoms with Crippen molar-refractivity contribution in [3.05, 3.63) is 0 Å². The Morgan fingerprint density at radius 3 is 3.00 bits per heavy atom. The van der Waals surface area contributed by atoms with Crippen molar-refractivity contribution in [2.75, 3.05) is 26.2 Å². The topological polar surface area (TPSA) is 41.6 Å². The summed E-state index contributed by atoms with van der Waals surface area (Å²) in [6.45, 7) is 7.62. The summed E-state index contributed by atoms with van der Waals surface area (Å²) in [7, 11) is 0. The zero-order chi connectivity index (χ0) is 11.6. The van der Waals surface area contributed by atoms with Gasteiger partial charge in [-0.1, -0.05) is 0 Å². The van der Waals surface area contributed by atoms with Crippen LogP contribution in [-0.2, 0) is 9.53 Å². The molecular weight excluding hydrogens is 204 g/mol. The first-order chi connectivity index (χ1) is 7.57. The Bertz CT molecular complexity index is 260. The van der Waals surface area contributed by atoms with Crippen LogP contribution in [0.15, 0.2) is 0 Å². The van der Waals surface area contributed by atoms with Crippen LogP contribution in [0.1, 0.15) is 33.1 Å². The van der Waals surface area contributed by atoms with Gasteiger partial charge in [0.2, 0.25) is 5.91 Å². The third-order valence-electron chi connectivity index (χ3n) is 3.35. The first-order valence-electron chi connectivity index (χ1n) is 6.21. The fourth-order valence-corrected chi connectivity index (χ4v) is 2.48. The van der Waals surface area contributed by atoms with Crippen molar-refractivity contribution in [3.8, 4) is 0 Å². The molecule has 0 aliphatic carbocycles. The number of ether oxygens (including phenoxy) is 1. The summed E-state index contributed by atoms with van der Waals surface area (Å²) in [6, 6.07) is 0. The van der Waals surface area contributed by atoms with E-state index in [0.717, 1.165) is 39.1 Å². The highest BCUT2D eigenvalue weighted by Crippen LogP contribution is 2.18. The van der Waals surface area contributed by atoms with Gasteiger partial charge in [0, 0.05) is 31.8 Å². The minimum atomic E-state index is 0.0461. The molecule has 1 N–H and O–H groups in total. The maximum absolute atomic E-state index is 12.1. The molecule has 0 bridgehead atoms. The summed E-state index contributed by atoms with van der Waals surface area (Å²) in [5.41, 5.74) is 0.0461. The Morgan fingerprint density at radius 1 is 1.56 bits per heavy atom. The highest BCUT2D eigenvalue weighted by atomic mass is 16.5. The van der Waals surface area contributed by atoms with Crippen molar-refractivity contribution in [3.63, 3.8) is 0 Å². The molecule has 2 saturated heterocycles. The highest BCUT2D eigenvalue weighted by Gasteiger charge is 2.30. The van der Waals surface area contributed by atoms with Crippen LogP contribution in [0.2, 0.25) is 0 Å². The number of hydrogen-bond donors (Lipinski definition) is 1. The van der Waals surface area contributed by atoms with E-state index in [1.807, 2.05) is 4.90 Å². The van der Waals surface area contributed by atoms with Gasteiger partial charge in [0.25, 0.3) is 0 Å². The van der Waals surface area contributed by atoms with Gasteiger partial charge in [-0.15, -0.1) is 0 Å². The van der Waals surface area contributed by atoms with Crippen LogP contribution in [0, 0.1) is 0 Å². The number of nitrogens with one attached hydrogen (secondary N) is 1. The number of amides is 1. The summed E-state index contributed by atoms with van der Waals surface area (Å²) in [6.07, 6.45) is 2.88. The summed E-state index contributed by atoms with van der Waals surface area (Å²) in [4.78, 5) is 14.0. The van der Waals surface area contributed by atoms with Crippen molar-refractivity contribution in [1.82, 2.24) is 10.2 Å². The van der Waals surface area contributed by atoms with E-state index in [0.29, 0.717) is 6.42 Å². The molecule has 4 heteroatoms. The normalized spacial score (nSPS) is 29.4. The molecule has 1 unspecified atom stereocenters. The molecule has 0 spiro atoms. The van der Waals surface area contributed by atoms with Crippen LogP contribution < -0.4 is 5.32 Å². The van der Waals surface area contributed by atoms with Crippen molar-refractivity contribution in [2.45, 2.75) is 44.8 Å². The maximum Gasteiger partial charge on any atom is 0.225 e. The fourth-order valence-electron chi connectivity index (χ4n) is 2.48. The molecule has 4 nitrogen and oxygen atoms in total. The molecule has 0 aromatic carbocycles. The quantitative estimate of drug-likeness (QED) is 0.756. The molecule has 2 rings (SSSR count). The van der Waals surface area contributed by atoms with E-state index in [9.17, 15) is 4.79 Å². The van der Waals surface area contributed by atoms with E-state index >= 15 is 0 Å². The maximum atomic E-state index is 12.1. The molecule has 2 aliphatic heterocycles. The average Bonchev–Trinajstić information content (AvgIpc) is 2.69. The predicted octanol–water partition coefficient (Wildman–Crippen LogP) is 0.766. The third kappa shape index (κ3) is 2.95. The lowest BCUT2D eigenvalue weighted by molar-refractivity contribution is -0.135. The third-order valence-corrected chi connectivity index (χ3v) is 3.35. The summed E-state index contributed by atoms with van der Waals surface area (Å²) in [5.74, 6) is 0.251. The molecule has 0 aromatic rings. The van der Waals surface area contributed by atoms with Crippen LogP contribution >= 0.6 is 0 Å². The van der Waals surface area contributed by atoms with Gasteiger partial charge in [0.15, 0.2) is 0 Å². The van der Waals surface area contributed by atoms with Gasteiger partial charge < -0.3 is 15.0 Å². The Kier molecular flexibility index (Phi) is 3.50. The second-order valence-electron chi connectivity index (χ2n) is 5.47. The predicted molar refractivity (Wildman–Crippen MR) is 62.3 cm³/mol. The Hall–Kier alpha value is -0.610. The van der Waals surface area contributed by atoms with Gasteiger partial charge in [-0.2, -0.15) is 0 Å². The summed E-state index contributed by atoms with van der Waals surface area (Å²) >= 11 is 0. The zero-order valence-electron chi connectivity index (χ0n) is 10.3. The van der Waals surface area contributed by atoms with Gasteiger partial charge in [0.1, 0.15) is 0 Å². The number of nitrogens with zero attached hydrogens (tertiary/aromatic N) is 1. The summed E-state index contributed by atoms with van der Waals surface area (Å²) in [5, 5.41) is 3.41. The van der Waals surface area contributed by atoms with E-state index in [2.05, 4.69) is 19.2 Å². The molecule has 2 aliphatic rings. The number of carbonyl (C=O) groups excluding carboxylic acids is 1. The molecule has 16 heavy (non-hydrogen) atoms. The number of hydrogen-bond acceptors (Lipinski definition) is 3. The lowest BCUT2D eigenvalue weighted by Crippen LogP contribution is -2.58. The molecule has 92 valence electrons. The first-order valence-corrected chi connectivity index (χ1v) is 6.21. The lowest BCUT2D eigenvalue weighted by Gasteiger charge is -2.39. The van der Waals surface area contributed by atoms with E-state index in [1.54, 1.807) is 0 Å². The lowest BCUT2D eigenvalue weighted by atomic mass is 10.0. The van der Waals surface area contributed by atoms with E-state index in [4.69, 9.17) is 4.74 Å². The van der Waals surface area contributed by atoms with Crippen molar-refractivity contribution < 1.29 is 9.53 Å². The number of carbonyl (C=O) groups is 1. The van der Waals surface area contributed by atoms with E-state index in [-0.39, 0.29) is 17.6 Å². The van der Waals surface area contributed by atoms with Crippen LogP contribution in [-0.4, -0.2) is 48.7 Å². The standard InChI is InChI=1S/C12H22N2O2/c1-12(2)9-14(6-5-13-12)11(15)8-10-4-3-7-16-10/h10,13H,3-9H2,1-2H3. The minimum Gasteiger partial charge on any atom is -0.378 e. The second kappa shape index (κ2) is 4.72. The molecule has 0 aromatic heterocycles. The SMILES string of the molecule is CC1(C)CN(C(=O)CC2CCCO2)CCN1. The Labute approximate surface area is 97.3 Å². The van der Waals surface area contributed by atoms with E-state index < -0.39 is 0 Å². The van der Waals surface area contributed by atoms with Gasteiger partial charge >= 0.3 is 0 Å². The molecule has 0 radical (unpaired) electrons. The minimum absolute atomic E-state index is 0.0461. The summed E-state index contributed by atoms with van der Waals surface area (Å²) < 4.78 is 5.50. The van der Waals surface area contributed by atoms with Crippen LogP contribution in [0.25, 0.3) is 0 Å². The molecule has 0 saturated carbocycles. The fraction of sp³-hybridized carbons (Fsp3) is 0.917. The second-order valence-corrected chi connectivity index (χ2v) is 5.47. The zero-order valence-corrected chi connectivity index (χ0v) is 10.3. The van der Waals surface area contributed by atoms with Gasteiger partial charge in [-0.25, -0.2) is 0 Å². The highest BCUT2D eigenvalue weighted by molar-refractivity contribution is 5.77. The average molecular weight is 226 g/mol. The van der Waals surface area contributed by atoms with Crippen LogP contribution in [0.4, 0.5) is 0 Å². The molecule has 1 atom stereocenters. The van der Waals surface area contributed by atoms with Crippen molar-refractivity contribution in [1.29, 1.82) is 0 Å².